The minimum Gasteiger partial charge on any atom is -0.378 e. The van der Waals surface area contributed by atoms with E-state index in [1.165, 1.54) is 24.3 Å². The number of halogens is 4. The van der Waals surface area contributed by atoms with Crippen LogP contribution >= 0.6 is 0 Å². The van der Waals surface area contributed by atoms with Crippen LogP contribution in [0.1, 0.15) is 35.1 Å². The van der Waals surface area contributed by atoms with Gasteiger partial charge in [0.1, 0.15) is 5.82 Å². The number of hydrogen-bond acceptors (Lipinski definition) is 3. The summed E-state index contributed by atoms with van der Waals surface area (Å²) in [4.78, 5) is -0.0373. The van der Waals surface area contributed by atoms with Crippen LogP contribution in [-0.2, 0) is 16.2 Å². The van der Waals surface area contributed by atoms with Gasteiger partial charge in [0.25, 0.3) is 10.0 Å². The number of fused-ring (bicyclic) bond motifs is 3. The predicted molar refractivity (Wildman–Crippen MR) is 121 cm³/mol. The normalized spacial score (nSPS) is 21.5. The van der Waals surface area contributed by atoms with Gasteiger partial charge < -0.3 is 5.32 Å². The van der Waals surface area contributed by atoms with Gasteiger partial charge in [-0.3, -0.25) is 4.72 Å². The molecule has 3 aromatic rings. The van der Waals surface area contributed by atoms with Crippen molar-refractivity contribution in [3.05, 3.63) is 101 Å². The Bertz CT molecular complexity index is 1370. The predicted octanol–water partition coefficient (Wildman–Crippen LogP) is 6.47. The van der Waals surface area contributed by atoms with Crippen molar-refractivity contribution in [2.24, 2.45) is 5.92 Å². The van der Waals surface area contributed by atoms with Crippen LogP contribution < -0.4 is 10.0 Å². The summed E-state index contributed by atoms with van der Waals surface area (Å²) in [5.41, 5.74) is 1.40. The van der Waals surface area contributed by atoms with E-state index in [0.717, 1.165) is 41.4 Å². The lowest BCUT2D eigenvalue weighted by Crippen LogP contribution is -2.29. The number of sulfonamides is 1. The molecule has 0 aromatic heterocycles. The first-order valence-corrected chi connectivity index (χ1v) is 12.1. The standard InChI is InChI=1S/C25H20F4N2O2S/c26-17-9-7-15(8-10-17)24-21-6-2-5-20(21)22-14-19(11-12-23(22)30-24)34(32,33)31-18-4-1-3-16(13-18)25(27,28)29/h1-5,7-14,20-21,24,30-31H,6H2/t20-,21+,24+/m0/s1. The van der Waals surface area contributed by atoms with Crippen LogP contribution in [0, 0.1) is 11.7 Å². The van der Waals surface area contributed by atoms with Crippen LogP contribution in [0.3, 0.4) is 0 Å². The Labute approximate surface area is 194 Å². The third-order valence-electron chi connectivity index (χ3n) is 6.32. The van der Waals surface area contributed by atoms with Gasteiger partial charge in [0.05, 0.1) is 16.5 Å². The number of allylic oxidation sites excluding steroid dienone is 2. The molecular weight excluding hydrogens is 468 g/mol. The van der Waals surface area contributed by atoms with Gasteiger partial charge >= 0.3 is 6.18 Å². The zero-order valence-corrected chi connectivity index (χ0v) is 18.5. The first kappa shape index (κ1) is 22.5. The average molecular weight is 489 g/mol. The number of benzene rings is 3. The fraction of sp³-hybridized carbons (Fsp3) is 0.200. The molecule has 9 heteroatoms. The Morgan fingerprint density at radius 1 is 0.971 bits per heavy atom. The topological polar surface area (TPSA) is 58.2 Å². The summed E-state index contributed by atoms with van der Waals surface area (Å²) in [6.07, 6.45) is 0.282. The van der Waals surface area contributed by atoms with E-state index in [2.05, 4.69) is 10.0 Å². The van der Waals surface area contributed by atoms with E-state index in [1.807, 2.05) is 12.2 Å². The van der Waals surface area contributed by atoms with E-state index in [-0.39, 0.29) is 34.3 Å². The number of alkyl halides is 3. The van der Waals surface area contributed by atoms with Crippen molar-refractivity contribution < 1.29 is 26.0 Å². The van der Waals surface area contributed by atoms with Crippen molar-refractivity contribution in [1.82, 2.24) is 0 Å². The summed E-state index contributed by atoms with van der Waals surface area (Å²) < 4.78 is 80.6. The maximum atomic E-state index is 13.4. The molecule has 0 saturated carbocycles. The number of anilines is 2. The van der Waals surface area contributed by atoms with Gasteiger partial charge in [-0.2, -0.15) is 13.2 Å². The summed E-state index contributed by atoms with van der Waals surface area (Å²) in [6, 6.07) is 15.0. The lowest BCUT2D eigenvalue weighted by atomic mass is 9.77. The Hall–Kier alpha value is -3.33. The Morgan fingerprint density at radius 2 is 1.74 bits per heavy atom. The molecule has 0 unspecified atom stereocenters. The molecule has 176 valence electrons. The minimum atomic E-state index is -4.58. The second-order valence-corrected chi connectivity index (χ2v) is 10.1. The van der Waals surface area contributed by atoms with Crippen molar-refractivity contribution in [3.8, 4) is 0 Å². The van der Waals surface area contributed by atoms with Crippen molar-refractivity contribution in [3.63, 3.8) is 0 Å². The molecule has 0 radical (unpaired) electrons. The molecule has 34 heavy (non-hydrogen) atoms. The summed E-state index contributed by atoms with van der Waals surface area (Å²) in [5.74, 6) is -0.244. The highest BCUT2D eigenvalue weighted by Gasteiger charge is 2.38. The van der Waals surface area contributed by atoms with E-state index in [1.54, 1.807) is 24.3 Å². The van der Waals surface area contributed by atoms with Crippen molar-refractivity contribution in [2.45, 2.75) is 29.5 Å². The van der Waals surface area contributed by atoms with E-state index >= 15 is 0 Å². The fourth-order valence-electron chi connectivity index (χ4n) is 4.71. The molecule has 0 bridgehead atoms. The highest BCUT2D eigenvalue weighted by atomic mass is 32.2. The molecule has 1 aliphatic heterocycles. The molecule has 0 saturated heterocycles. The molecule has 2 N–H and O–H groups in total. The molecular formula is C25H20F4N2O2S. The summed E-state index contributed by atoms with van der Waals surface area (Å²) in [6.45, 7) is 0. The largest absolute Gasteiger partial charge is 0.416 e. The Morgan fingerprint density at radius 3 is 2.47 bits per heavy atom. The molecule has 3 aromatic carbocycles. The Balaban J connectivity index is 1.46. The van der Waals surface area contributed by atoms with Crippen molar-refractivity contribution in [2.75, 3.05) is 10.0 Å². The molecule has 2 aliphatic rings. The van der Waals surface area contributed by atoms with E-state index in [4.69, 9.17) is 0 Å². The van der Waals surface area contributed by atoms with Gasteiger partial charge in [0.2, 0.25) is 0 Å². The lowest BCUT2D eigenvalue weighted by Gasteiger charge is -2.37. The van der Waals surface area contributed by atoms with Gasteiger partial charge in [0.15, 0.2) is 0 Å². The molecule has 3 atom stereocenters. The van der Waals surface area contributed by atoms with Crippen LogP contribution in [0.15, 0.2) is 83.8 Å². The Kier molecular flexibility index (Phi) is 5.39. The zero-order valence-electron chi connectivity index (χ0n) is 17.7. The third-order valence-corrected chi connectivity index (χ3v) is 7.69. The second kappa shape index (κ2) is 8.16. The average Bonchev–Trinajstić information content (AvgIpc) is 3.28. The van der Waals surface area contributed by atoms with Gasteiger partial charge in [-0.15, -0.1) is 0 Å². The SMILES string of the molecule is O=S(=O)(Nc1cccc(C(F)(F)F)c1)c1ccc2c(c1)[C@H]1C=CC[C@H]1[C@@H](c1ccc(F)cc1)N2. The van der Waals surface area contributed by atoms with Crippen LogP contribution in [0.2, 0.25) is 0 Å². The van der Waals surface area contributed by atoms with Crippen LogP contribution in [0.4, 0.5) is 28.9 Å². The molecule has 0 spiro atoms. The molecule has 0 amide bonds. The highest BCUT2D eigenvalue weighted by Crippen LogP contribution is 2.50. The van der Waals surface area contributed by atoms with Crippen molar-refractivity contribution in [1.29, 1.82) is 0 Å². The monoisotopic (exact) mass is 488 g/mol. The quantitative estimate of drug-likeness (QED) is 0.327. The summed E-state index contributed by atoms with van der Waals surface area (Å²) in [7, 11) is -4.12. The van der Waals surface area contributed by atoms with Gasteiger partial charge in [-0.25, -0.2) is 12.8 Å². The molecule has 4 nitrogen and oxygen atoms in total. The van der Waals surface area contributed by atoms with E-state index in [0.29, 0.717) is 0 Å². The number of nitrogens with one attached hydrogen (secondary N) is 2. The van der Waals surface area contributed by atoms with Crippen LogP contribution in [0.25, 0.3) is 0 Å². The van der Waals surface area contributed by atoms with E-state index in [9.17, 15) is 26.0 Å². The van der Waals surface area contributed by atoms with Gasteiger partial charge in [-0.05, 0) is 72.0 Å². The maximum Gasteiger partial charge on any atom is 0.416 e. The first-order chi connectivity index (χ1) is 16.1. The number of hydrogen-bond donors (Lipinski definition) is 2. The highest BCUT2D eigenvalue weighted by molar-refractivity contribution is 7.92. The van der Waals surface area contributed by atoms with Crippen LogP contribution in [-0.4, -0.2) is 8.42 Å². The molecule has 1 heterocycles. The smallest absolute Gasteiger partial charge is 0.378 e. The minimum absolute atomic E-state index is 0.0373. The summed E-state index contributed by atoms with van der Waals surface area (Å²) in [5, 5.41) is 3.45. The van der Waals surface area contributed by atoms with E-state index < -0.39 is 21.8 Å². The fourth-order valence-corrected chi connectivity index (χ4v) is 5.80. The molecule has 0 fully saturated rings. The summed E-state index contributed by atoms with van der Waals surface area (Å²) >= 11 is 0. The molecule has 1 aliphatic carbocycles. The van der Waals surface area contributed by atoms with Gasteiger partial charge in [0, 0.05) is 17.3 Å². The first-order valence-electron chi connectivity index (χ1n) is 10.6. The van der Waals surface area contributed by atoms with Gasteiger partial charge in [-0.1, -0.05) is 30.4 Å². The number of rotatable bonds is 4. The zero-order chi connectivity index (χ0) is 24.1. The molecule has 5 rings (SSSR count). The van der Waals surface area contributed by atoms with Crippen LogP contribution in [0.5, 0.6) is 0 Å². The maximum absolute atomic E-state index is 13.4. The van der Waals surface area contributed by atoms with Crippen molar-refractivity contribution >= 4 is 21.4 Å². The third kappa shape index (κ3) is 4.16. The lowest BCUT2D eigenvalue weighted by molar-refractivity contribution is -0.137. The second-order valence-electron chi connectivity index (χ2n) is 8.46.